The van der Waals surface area contributed by atoms with Gasteiger partial charge in [0.2, 0.25) is 5.91 Å². The number of hydrogen-bond acceptors (Lipinski definition) is 5. The molecule has 37 heavy (non-hydrogen) atoms. The molecule has 3 aromatic carbocycles. The van der Waals surface area contributed by atoms with E-state index in [0.29, 0.717) is 23.1 Å². The summed E-state index contributed by atoms with van der Waals surface area (Å²) >= 11 is 0. The van der Waals surface area contributed by atoms with Gasteiger partial charge in [-0.3, -0.25) is 9.59 Å². The van der Waals surface area contributed by atoms with E-state index in [4.69, 9.17) is 4.42 Å². The highest BCUT2D eigenvalue weighted by Crippen LogP contribution is 2.26. The van der Waals surface area contributed by atoms with Gasteiger partial charge in [0.05, 0.1) is 23.6 Å². The summed E-state index contributed by atoms with van der Waals surface area (Å²) < 4.78 is 5.88. The highest BCUT2D eigenvalue weighted by Gasteiger charge is 2.34. The Bertz CT molecular complexity index is 1360. The van der Waals surface area contributed by atoms with E-state index in [1.165, 1.54) is 12.7 Å². The molecule has 0 radical (unpaired) electrons. The van der Waals surface area contributed by atoms with Crippen molar-refractivity contribution in [3.05, 3.63) is 107 Å². The maximum Gasteiger partial charge on any atom is 0.230 e. The predicted molar refractivity (Wildman–Crippen MR) is 149 cm³/mol. The Labute approximate surface area is 217 Å². The van der Waals surface area contributed by atoms with Gasteiger partial charge in [-0.05, 0) is 49.2 Å². The van der Waals surface area contributed by atoms with Gasteiger partial charge in [-0.1, -0.05) is 67.8 Å². The fourth-order valence-corrected chi connectivity index (χ4v) is 5.17. The minimum absolute atomic E-state index is 0.121. The average molecular weight is 496 g/mol. The highest BCUT2D eigenvalue weighted by atomic mass is 16.3. The molecule has 190 valence electrons. The molecule has 0 aliphatic heterocycles. The first-order valence-electron chi connectivity index (χ1n) is 13.1. The van der Waals surface area contributed by atoms with Gasteiger partial charge in [0.25, 0.3) is 0 Å². The van der Waals surface area contributed by atoms with Crippen LogP contribution in [0.3, 0.4) is 0 Å². The Morgan fingerprint density at radius 3 is 2.22 bits per heavy atom. The summed E-state index contributed by atoms with van der Waals surface area (Å²) in [6.45, 7) is 0.425. The first-order valence-corrected chi connectivity index (χ1v) is 13.1. The van der Waals surface area contributed by atoms with Crippen LogP contribution in [0.15, 0.2) is 100 Å². The normalized spacial score (nSPS) is 15.6. The largest absolute Gasteiger partial charge is 0.464 e. The van der Waals surface area contributed by atoms with Crippen molar-refractivity contribution in [1.82, 2.24) is 5.32 Å². The van der Waals surface area contributed by atoms with Crippen molar-refractivity contribution in [2.45, 2.75) is 50.1 Å². The number of carbonyl (C=O) groups excluding carboxylic acids is 1. The van der Waals surface area contributed by atoms with Gasteiger partial charge in [0, 0.05) is 29.5 Å². The molecule has 0 saturated heterocycles. The van der Waals surface area contributed by atoms with E-state index in [-0.39, 0.29) is 17.4 Å². The van der Waals surface area contributed by atoms with Crippen molar-refractivity contribution in [2.24, 2.45) is 0 Å². The third kappa shape index (κ3) is 6.02. The lowest BCUT2D eigenvalue weighted by Crippen LogP contribution is -2.47. The second-order valence-corrected chi connectivity index (χ2v) is 9.70. The first kappa shape index (κ1) is 24.6. The van der Waals surface area contributed by atoms with Crippen LogP contribution in [0, 0.1) is 0 Å². The van der Waals surface area contributed by atoms with Crippen LogP contribution in [-0.2, 0) is 4.79 Å². The highest BCUT2D eigenvalue weighted by molar-refractivity contribution is 5.87. The number of benzene rings is 3. The van der Waals surface area contributed by atoms with Gasteiger partial charge in [0.1, 0.15) is 5.58 Å². The lowest BCUT2D eigenvalue weighted by Gasteiger charge is -2.31. The smallest absolute Gasteiger partial charge is 0.230 e. The molecule has 1 amide bonds. The van der Waals surface area contributed by atoms with Crippen LogP contribution in [-0.4, -0.2) is 24.5 Å². The number of nitrogens with one attached hydrogen (secondary N) is 3. The van der Waals surface area contributed by atoms with Gasteiger partial charge in [0.15, 0.2) is 5.43 Å². The van der Waals surface area contributed by atoms with Crippen LogP contribution in [0.4, 0.5) is 11.4 Å². The minimum atomic E-state index is -0.765. The quantitative estimate of drug-likeness (QED) is 0.269. The summed E-state index contributed by atoms with van der Waals surface area (Å²) in [6, 6.07) is 26.5. The molecule has 1 aliphatic rings. The van der Waals surface area contributed by atoms with Crippen molar-refractivity contribution >= 4 is 28.3 Å². The molecule has 3 N–H and O–H groups in total. The molecule has 1 saturated carbocycles. The maximum absolute atomic E-state index is 14.0. The fourth-order valence-electron chi connectivity index (χ4n) is 5.17. The standard InChI is InChI=1S/C31H33N3O3/c35-30-25-18-10-11-19-28(25)37-21-26(30)29(31(36)34-24-16-8-3-9-17-24)27(33-23-14-6-2-7-15-23)20-32-22-12-4-1-5-13-22/h1-2,4-7,10-15,18-19,21,24,27,29,32-33H,3,8-9,16-17,20H2,(H,34,36). The number of fused-ring (bicyclic) bond motifs is 1. The zero-order chi connectivity index (χ0) is 25.5. The van der Waals surface area contributed by atoms with Crippen LogP contribution in [0.25, 0.3) is 11.0 Å². The Morgan fingerprint density at radius 1 is 0.838 bits per heavy atom. The van der Waals surface area contributed by atoms with Crippen molar-refractivity contribution in [1.29, 1.82) is 0 Å². The molecule has 1 fully saturated rings. The lowest BCUT2D eigenvalue weighted by molar-refractivity contribution is -0.123. The zero-order valence-corrected chi connectivity index (χ0v) is 20.9. The van der Waals surface area contributed by atoms with Gasteiger partial charge >= 0.3 is 0 Å². The number of carbonyl (C=O) groups is 1. The molecule has 5 rings (SSSR count). The van der Waals surface area contributed by atoms with Crippen molar-refractivity contribution in [2.75, 3.05) is 17.2 Å². The van der Waals surface area contributed by atoms with E-state index in [0.717, 1.165) is 37.1 Å². The fraction of sp³-hybridized carbons (Fsp3) is 0.290. The zero-order valence-electron chi connectivity index (χ0n) is 20.9. The van der Waals surface area contributed by atoms with Gasteiger partial charge in [-0.2, -0.15) is 0 Å². The van der Waals surface area contributed by atoms with Gasteiger partial charge in [-0.15, -0.1) is 0 Å². The van der Waals surface area contributed by atoms with E-state index >= 15 is 0 Å². The molecule has 4 aromatic rings. The molecule has 2 atom stereocenters. The molecule has 6 nitrogen and oxygen atoms in total. The Balaban J connectivity index is 1.54. The average Bonchev–Trinajstić information content (AvgIpc) is 2.95. The molecule has 6 heteroatoms. The van der Waals surface area contributed by atoms with Gasteiger partial charge < -0.3 is 20.4 Å². The third-order valence-corrected chi connectivity index (χ3v) is 7.10. The summed E-state index contributed by atoms with van der Waals surface area (Å²) in [5.41, 5.74) is 2.51. The van der Waals surface area contributed by atoms with E-state index < -0.39 is 12.0 Å². The number of hydrogen-bond donors (Lipinski definition) is 3. The maximum atomic E-state index is 14.0. The summed E-state index contributed by atoms with van der Waals surface area (Å²) in [5, 5.41) is 10.7. The van der Waals surface area contributed by atoms with E-state index in [9.17, 15) is 9.59 Å². The number of rotatable bonds is 9. The van der Waals surface area contributed by atoms with Crippen LogP contribution >= 0.6 is 0 Å². The molecular formula is C31H33N3O3. The predicted octanol–water partition coefficient (Wildman–Crippen LogP) is 5.92. The van der Waals surface area contributed by atoms with Crippen LogP contribution in [0.5, 0.6) is 0 Å². The van der Waals surface area contributed by atoms with Crippen LogP contribution in [0.1, 0.15) is 43.6 Å². The van der Waals surface area contributed by atoms with Crippen LogP contribution in [0.2, 0.25) is 0 Å². The lowest BCUT2D eigenvalue weighted by atomic mass is 9.88. The second kappa shape index (κ2) is 11.8. The molecule has 2 unspecified atom stereocenters. The Hall–Kier alpha value is -4.06. The van der Waals surface area contributed by atoms with Crippen molar-refractivity contribution in [3.8, 4) is 0 Å². The summed E-state index contributed by atoms with van der Waals surface area (Å²) in [7, 11) is 0. The van der Waals surface area contributed by atoms with E-state index in [1.807, 2.05) is 72.8 Å². The van der Waals surface area contributed by atoms with Gasteiger partial charge in [-0.25, -0.2) is 0 Å². The number of amides is 1. The topological polar surface area (TPSA) is 83.4 Å². The third-order valence-electron chi connectivity index (χ3n) is 7.10. The molecule has 1 heterocycles. The second-order valence-electron chi connectivity index (χ2n) is 9.70. The molecule has 1 aliphatic carbocycles. The Kier molecular flexibility index (Phi) is 7.84. The summed E-state index contributed by atoms with van der Waals surface area (Å²) in [4.78, 5) is 27.7. The van der Waals surface area contributed by atoms with Crippen molar-refractivity contribution in [3.63, 3.8) is 0 Å². The minimum Gasteiger partial charge on any atom is -0.464 e. The Morgan fingerprint density at radius 2 is 1.49 bits per heavy atom. The van der Waals surface area contributed by atoms with Crippen molar-refractivity contribution < 1.29 is 9.21 Å². The number of para-hydroxylation sites is 3. The molecular weight excluding hydrogens is 462 g/mol. The van der Waals surface area contributed by atoms with Crippen LogP contribution < -0.4 is 21.4 Å². The molecule has 0 bridgehead atoms. The molecule has 1 aromatic heterocycles. The monoisotopic (exact) mass is 495 g/mol. The SMILES string of the molecule is O=C(NC1CCCCC1)C(c1coc2ccccc2c1=O)C(CNc1ccccc1)Nc1ccccc1. The van der Waals surface area contributed by atoms with E-state index in [1.54, 1.807) is 12.1 Å². The summed E-state index contributed by atoms with van der Waals surface area (Å²) in [6.07, 6.45) is 6.80. The number of anilines is 2. The molecule has 0 spiro atoms. The first-order chi connectivity index (χ1) is 18.2. The van der Waals surface area contributed by atoms with E-state index in [2.05, 4.69) is 16.0 Å². The summed E-state index contributed by atoms with van der Waals surface area (Å²) in [5.74, 6) is -0.919.